The minimum atomic E-state index is 0.598. The molecule has 0 aliphatic rings. The van der Waals surface area contributed by atoms with Gasteiger partial charge in [0.25, 0.3) is 0 Å². The van der Waals surface area contributed by atoms with Crippen molar-refractivity contribution in [3.8, 4) is 22.9 Å². The maximum atomic E-state index is 5.82. The van der Waals surface area contributed by atoms with Crippen molar-refractivity contribution in [2.75, 3.05) is 25.7 Å². The van der Waals surface area contributed by atoms with E-state index in [1.54, 1.807) is 20.3 Å². The number of nitrogens with two attached hydrogens (primary N) is 2. The summed E-state index contributed by atoms with van der Waals surface area (Å²) in [5.41, 5.74) is 15.3. The number of hydrogen-bond acceptors (Lipinski definition) is 5. The monoisotopic (exact) mass is 284 g/mol. The number of benzene rings is 2. The maximum absolute atomic E-state index is 5.82. The number of ether oxygens (including phenoxy) is 2. The largest absolute Gasteiger partial charge is 0.493 e. The Kier molecular flexibility index (Phi) is 3.06. The van der Waals surface area contributed by atoms with Gasteiger partial charge in [0.05, 0.1) is 25.3 Å². The summed E-state index contributed by atoms with van der Waals surface area (Å²) in [6, 6.07) is 9.02. The molecule has 6 nitrogen and oxygen atoms in total. The quantitative estimate of drug-likeness (QED) is 0.641. The van der Waals surface area contributed by atoms with Gasteiger partial charge in [-0.1, -0.05) is 0 Å². The second-order valence-electron chi connectivity index (χ2n) is 4.70. The van der Waals surface area contributed by atoms with Gasteiger partial charge >= 0.3 is 0 Å². The molecular formula is C15H16N4O2. The summed E-state index contributed by atoms with van der Waals surface area (Å²) < 4.78 is 10.6. The van der Waals surface area contributed by atoms with Crippen LogP contribution in [0.3, 0.4) is 0 Å². The fourth-order valence-electron chi connectivity index (χ4n) is 2.29. The normalized spacial score (nSPS) is 10.8. The summed E-state index contributed by atoms with van der Waals surface area (Å²) in [6.07, 6.45) is 0. The molecule has 6 heteroatoms. The molecule has 0 atom stereocenters. The summed E-state index contributed by atoms with van der Waals surface area (Å²) in [5, 5.41) is 0. The van der Waals surface area contributed by atoms with Crippen LogP contribution in [0.5, 0.6) is 11.5 Å². The van der Waals surface area contributed by atoms with E-state index in [0.29, 0.717) is 28.7 Å². The summed E-state index contributed by atoms with van der Waals surface area (Å²) in [7, 11) is 3.19. The number of methoxy groups -OCH3 is 2. The van der Waals surface area contributed by atoms with Gasteiger partial charge in [-0.15, -0.1) is 0 Å². The highest BCUT2D eigenvalue weighted by molar-refractivity contribution is 5.83. The van der Waals surface area contributed by atoms with E-state index in [0.717, 1.165) is 16.6 Å². The molecule has 0 amide bonds. The summed E-state index contributed by atoms with van der Waals surface area (Å²) in [6.45, 7) is 0. The Morgan fingerprint density at radius 2 is 1.52 bits per heavy atom. The maximum Gasteiger partial charge on any atom is 0.163 e. The number of anilines is 2. The zero-order valence-electron chi connectivity index (χ0n) is 11.8. The van der Waals surface area contributed by atoms with Crippen molar-refractivity contribution in [2.24, 2.45) is 0 Å². The first kappa shape index (κ1) is 13.1. The lowest BCUT2D eigenvalue weighted by Crippen LogP contribution is -1.92. The van der Waals surface area contributed by atoms with Crippen molar-refractivity contribution < 1.29 is 9.47 Å². The van der Waals surface area contributed by atoms with E-state index in [4.69, 9.17) is 20.9 Å². The molecule has 108 valence electrons. The van der Waals surface area contributed by atoms with Crippen LogP contribution in [0.2, 0.25) is 0 Å². The Bertz CT molecular complexity index is 750. The topological polar surface area (TPSA) is 99.2 Å². The molecule has 3 rings (SSSR count). The van der Waals surface area contributed by atoms with Gasteiger partial charge in [-0.2, -0.15) is 0 Å². The Balaban J connectivity index is 2.16. The number of nitrogens with one attached hydrogen (secondary N) is 1. The van der Waals surface area contributed by atoms with Crippen molar-refractivity contribution in [3.63, 3.8) is 0 Å². The Morgan fingerprint density at radius 1 is 0.905 bits per heavy atom. The molecule has 0 aliphatic carbocycles. The summed E-state index contributed by atoms with van der Waals surface area (Å²) in [5.74, 6) is 1.97. The molecule has 0 saturated heterocycles. The second-order valence-corrected chi connectivity index (χ2v) is 4.70. The molecule has 0 fully saturated rings. The van der Waals surface area contributed by atoms with Gasteiger partial charge in [-0.3, -0.25) is 0 Å². The molecule has 1 aromatic heterocycles. The lowest BCUT2D eigenvalue weighted by molar-refractivity contribution is 0.356. The molecule has 1 heterocycles. The Labute approximate surface area is 121 Å². The molecule has 5 N–H and O–H groups in total. The number of nitrogens with zero attached hydrogens (tertiary/aromatic N) is 1. The lowest BCUT2D eigenvalue weighted by atomic mass is 10.1. The molecule has 0 saturated carbocycles. The van der Waals surface area contributed by atoms with E-state index in [-0.39, 0.29) is 0 Å². The predicted molar refractivity (Wildman–Crippen MR) is 83.5 cm³/mol. The zero-order chi connectivity index (χ0) is 15.0. The number of fused-ring (bicyclic) bond motifs is 1. The molecule has 0 unspecified atom stereocenters. The van der Waals surface area contributed by atoms with Crippen molar-refractivity contribution in [1.29, 1.82) is 0 Å². The van der Waals surface area contributed by atoms with Gasteiger partial charge in [0.1, 0.15) is 5.82 Å². The first-order valence-electron chi connectivity index (χ1n) is 6.39. The van der Waals surface area contributed by atoms with Crippen LogP contribution in [0.15, 0.2) is 30.3 Å². The zero-order valence-corrected chi connectivity index (χ0v) is 11.8. The van der Waals surface area contributed by atoms with E-state index in [2.05, 4.69) is 9.97 Å². The van der Waals surface area contributed by atoms with Crippen LogP contribution in [-0.4, -0.2) is 24.2 Å². The van der Waals surface area contributed by atoms with Gasteiger partial charge in [0, 0.05) is 29.1 Å². The molecule has 2 aromatic carbocycles. The van der Waals surface area contributed by atoms with E-state index in [1.165, 1.54) is 0 Å². The van der Waals surface area contributed by atoms with Crippen LogP contribution < -0.4 is 20.9 Å². The van der Waals surface area contributed by atoms with Crippen molar-refractivity contribution in [2.45, 2.75) is 0 Å². The standard InChI is InChI=1S/C15H16N4O2/c1-20-13-6-11-12(7-14(13)21-2)19-15(18-11)8-3-9(16)5-10(17)4-8/h3-7H,16-17H2,1-2H3,(H,18,19). The highest BCUT2D eigenvalue weighted by Crippen LogP contribution is 2.33. The van der Waals surface area contributed by atoms with Crippen LogP contribution in [0.25, 0.3) is 22.4 Å². The van der Waals surface area contributed by atoms with E-state index in [1.807, 2.05) is 24.3 Å². The molecule has 21 heavy (non-hydrogen) atoms. The number of nitrogen functional groups attached to an aromatic ring is 2. The van der Waals surface area contributed by atoms with Gasteiger partial charge < -0.3 is 25.9 Å². The second kappa shape index (κ2) is 4.90. The highest BCUT2D eigenvalue weighted by atomic mass is 16.5. The number of imidazole rings is 1. The van der Waals surface area contributed by atoms with Gasteiger partial charge in [0.15, 0.2) is 11.5 Å². The highest BCUT2D eigenvalue weighted by Gasteiger charge is 2.11. The van der Waals surface area contributed by atoms with Crippen LogP contribution in [0, 0.1) is 0 Å². The van der Waals surface area contributed by atoms with Gasteiger partial charge in [-0.05, 0) is 18.2 Å². The number of aromatic nitrogens is 2. The number of H-pyrrole nitrogens is 1. The summed E-state index contributed by atoms with van der Waals surface area (Å²) >= 11 is 0. The van der Waals surface area contributed by atoms with Crippen LogP contribution >= 0.6 is 0 Å². The minimum absolute atomic E-state index is 0.598. The average Bonchev–Trinajstić information content (AvgIpc) is 2.87. The van der Waals surface area contributed by atoms with Crippen LogP contribution in [-0.2, 0) is 0 Å². The van der Waals surface area contributed by atoms with E-state index < -0.39 is 0 Å². The molecule has 0 radical (unpaired) electrons. The number of hydrogen-bond donors (Lipinski definition) is 3. The smallest absolute Gasteiger partial charge is 0.163 e. The SMILES string of the molecule is COc1cc2nc(-c3cc(N)cc(N)c3)[nH]c2cc1OC. The average molecular weight is 284 g/mol. The Hall–Kier alpha value is -2.89. The predicted octanol–water partition coefficient (Wildman–Crippen LogP) is 2.41. The van der Waals surface area contributed by atoms with Crippen molar-refractivity contribution in [3.05, 3.63) is 30.3 Å². The summed E-state index contributed by atoms with van der Waals surface area (Å²) in [4.78, 5) is 7.78. The van der Waals surface area contributed by atoms with Crippen LogP contribution in [0.4, 0.5) is 11.4 Å². The van der Waals surface area contributed by atoms with Crippen molar-refractivity contribution in [1.82, 2.24) is 9.97 Å². The lowest BCUT2D eigenvalue weighted by Gasteiger charge is -2.06. The molecule has 3 aromatic rings. The molecule has 0 spiro atoms. The van der Waals surface area contributed by atoms with Gasteiger partial charge in [0.2, 0.25) is 0 Å². The van der Waals surface area contributed by atoms with E-state index >= 15 is 0 Å². The first-order valence-corrected chi connectivity index (χ1v) is 6.39. The third kappa shape index (κ3) is 2.31. The van der Waals surface area contributed by atoms with Crippen molar-refractivity contribution >= 4 is 22.4 Å². The minimum Gasteiger partial charge on any atom is -0.493 e. The number of rotatable bonds is 3. The third-order valence-electron chi connectivity index (χ3n) is 3.24. The molecule has 0 bridgehead atoms. The Morgan fingerprint density at radius 3 is 2.14 bits per heavy atom. The number of aromatic amines is 1. The van der Waals surface area contributed by atoms with Crippen LogP contribution in [0.1, 0.15) is 0 Å². The van der Waals surface area contributed by atoms with E-state index in [9.17, 15) is 0 Å². The fourth-order valence-corrected chi connectivity index (χ4v) is 2.29. The molecular weight excluding hydrogens is 268 g/mol. The molecule has 0 aliphatic heterocycles. The fraction of sp³-hybridized carbons (Fsp3) is 0.133. The van der Waals surface area contributed by atoms with Gasteiger partial charge in [-0.25, -0.2) is 4.98 Å². The third-order valence-corrected chi connectivity index (χ3v) is 3.24. The first-order chi connectivity index (χ1) is 10.1.